The summed E-state index contributed by atoms with van der Waals surface area (Å²) in [4.78, 5) is 25.8. The largest absolute Gasteiger partial charge is 0.452 e. The second kappa shape index (κ2) is 7.84. The average Bonchev–Trinajstić information content (AvgIpc) is 2.56. The van der Waals surface area contributed by atoms with Gasteiger partial charge in [-0.15, -0.1) is 0 Å². The topological polar surface area (TPSA) is 58.6 Å². The van der Waals surface area contributed by atoms with Crippen LogP contribution in [0.15, 0.2) is 42.5 Å². The van der Waals surface area contributed by atoms with Crippen LogP contribution in [-0.4, -0.2) is 32.6 Å². The number of aryl methyl sites for hydroxylation is 1. The molecule has 2 aromatic carbocycles. The van der Waals surface area contributed by atoms with Crippen LogP contribution in [0.5, 0.6) is 0 Å². The standard InChI is InChI=1S/C18H19ClN2O3/c1-12-4-7-14(19)10-16(12)20-17(22)11-24-18(23)13-5-8-15(9-6-13)21(2)3/h4-10H,11H2,1-3H3,(H,20,22). The number of carbonyl (C=O) groups excluding carboxylic acids is 2. The molecule has 0 heterocycles. The highest BCUT2D eigenvalue weighted by Gasteiger charge is 2.11. The van der Waals surface area contributed by atoms with Gasteiger partial charge in [-0.3, -0.25) is 4.79 Å². The van der Waals surface area contributed by atoms with E-state index in [0.29, 0.717) is 16.3 Å². The minimum atomic E-state index is -0.543. The number of esters is 1. The maximum atomic E-state index is 12.0. The smallest absolute Gasteiger partial charge is 0.338 e. The van der Waals surface area contributed by atoms with Crippen molar-refractivity contribution in [2.75, 3.05) is 30.9 Å². The van der Waals surface area contributed by atoms with Crippen LogP contribution in [0.25, 0.3) is 0 Å². The Kier molecular flexibility index (Phi) is 5.82. The van der Waals surface area contributed by atoms with Gasteiger partial charge in [-0.05, 0) is 48.9 Å². The molecule has 0 saturated carbocycles. The first-order chi connectivity index (χ1) is 11.4. The molecule has 0 bridgehead atoms. The normalized spacial score (nSPS) is 10.2. The van der Waals surface area contributed by atoms with Gasteiger partial charge in [-0.1, -0.05) is 17.7 Å². The molecule has 126 valence electrons. The van der Waals surface area contributed by atoms with E-state index in [4.69, 9.17) is 16.3 Å². The third-order valence-electron chi connectivity index (χ3n) is 3.43. The van der Waals surface area contributed by atoms with E-state index in [-0.39, 0.29) is 6.61 Å². The molecule has 6 heteroatoms. The van der Waals surface area contributed by atoms with E-state index in [2.05, 4.69) is 5.32 Å². The zero-order valence-corrected chi connectivity index (χ0v) is 14.6. The van der Waals surface area contributed by atoms with Crippen LogP contribution in [0, 0.1) is 6.92 Å². The lowest BCUT2D eigenvalue weighted by Crippen LogP contribution is -2.21. The number of benzene rings is 2. The summed E-state index contributed by atoms with van der Waals surface area (Å²) in [5.41, 5.74) is 2.84. The van der Waals surface area contributed by atoms with Gasteiger partial charge in [0.2, 0.25) is 0 Å². The first-order valence-electron chi connectivity index (χ1n) is 7.37. The van der Waals surface area contributed by atoms with Crippen molar-refractivity contribution >= 4 is 34.9 Å². The molecule has 24 heavy (non-hydrogen) atoms. The Labute approximate surface area is 146 Å². The van der Waals surface area contributed by atoms with Crippen molar-refractivity contribution in [3.8, 4) is 0 Å². The van der Waals surface area contributed by atoms with Gasteiger partial charge in [0.15, 0.2) is 6.61 Å². The summed E-state index contributed by atoms with van der Waals surface area (Å²) in [6.45, 7) is 1.49. The van der Waals surface area contributed by atoms with E-state index in [1.165, 1.54) is 0 Å². The van der Waals surface area contributed by atoms with E-state index in [0.717, 1.165) is 11.3 Å². The zero-order chi connectivity index (χ0) is 17.7. The monoisotopic (exact) mass is 346 g/mol. The number of amides is 1. The Morgan fingerprint density at radius 1 is 1.12 bits per heavy atom. The highest BCUT2D eigenvalue weighted by molar-refractivity contribution is 6.31. The number of ether oxygens (including phenoxy) is 1. The minimum absolute atomic E-state index is 0.361. The quantitative estimate of drug-likeness (QED) is 0.842. The Morgan fingerprint density at radius 2 is 1.79 bits per heavy atom. The molecule has 0 fully saturated rings. The number of nitrogens with one attached hydrogen (secondary N) is 1. The van der Waals surface area contributed by atoms with Crippen molar-refractivity contribution in [2.24, 2.45) is 0 Å². The summed E-state index contributed by atoms with van der Waals surface area (Å²) in [7, 11) is 3.82. The Morgan fingerprint density at radius 3 is 2.42 bits per heavy atom. The second-order valence-electron chi connectivity index (χ2n) is 5.52. The second-order valence-corrected chi connectivity index (χ2v) is 5.96. The van der Waals surface area contributed by atoms with Crippen LogP contribution >= 0.6 is 11.6 Å². The number of rotatable bonds is 5. The van der Waals surface area contributed by atoms with E-state index < -0.39 is 11.9 Å². The molecule has 0 aromatic heterocycles. The molecule has 0 aliphatic heterocycles. The maximum absolute atomic E-state index is 12.0. The third-order valence-corrected chi connectivity index (χ3v) is 3.66. The van der Waals surface area contributed by atoms with Crippen LogP contribution < -0.4 is 10.2 Å². The summed E-state index contributed by atoms with van der Waals surface area (Å²) in [5, 5.41) is 3.20. The molecular formula is C18H19ClN2O3. The number of nitrogens with zero attached hydrogens (tertiary/aromatic N) is 1. The number of carbonyl (C=O) groups is 2. The Bertz CT molecular complexity index is 742. The van der Waals surface area contributed by atoms with E-state index in [9.17, 15) is 9.59 Å². The van der Waals surface area contributed by atoms with Crippen molar-refractivity contribution in [1.29, 1.82) is 0 Å². The lowest BCUT2D eigenvalue weighted by atomic mass is 10.2. The highest BCUT2D eigenvalue weighted by Crippen LogP contribution is 2.20. The molecule has 1 N–H and O–H groups in total. The van der Waals surface area contributed by atoms with Crippen LogP contribution in [0.3, 0.4) is 0 Å². The molecule has 5 nitrogen and oxygen atoms in total. The lowest BCUT2D eigenvalue weighted by Gasteiger charge is -2.12. The number of hydrogen-bond donors (Lipinski definition) is 1. The van der Waals surface area contributed by atoms with Gasteiger partial charge < -0.3 is 15.0 Å². The molecule has 2 rings (SSSR count). The number of anilines is 2. The predicted octanol–water partition coefficient (Wildman–Crippen LogP) is 3.51. The molecule has 1 amide bonds. The summed E-state index contributed by atoms with van der Waals surface area (Å²) in [6.07, 6.45) is 0. The first-order valence-corrected chi connectivity index (χ1v) is 7.75. The van der Waals surface area contributed by atoms with Gasteiger partial charge in [0.05, 0.1) is 5.56 Å². The summed E-state index contributed by atoms with van der Waals surface area (Å²) in [5.74, 6) is -0.961. The van der Waals surface area contributed by atoms with E-state index >= 15 is 0 Å². The van der Waals surface area contributed by atoms with Gasteiger partial charge in [-0.2, -0.15) is 0 Å². The fourth-order valence-electron chi connectivity index (χ4n) is 2.03. The fraction of sp³-hybridized carbons (Fsp3) is 0.222. The van der Waals surface area contributed by atoms with Crippen molar-refractivity contribution in [3.05, 3.63) is 58.6 Å². The van der Waals surface area contributed by atoms with Gasteiger partial charge in [0.1, 0.15) is 0 Å². The average molecular weight is 347 g/mol. The van der Waals surface area contributed by atoms with Crippen LogP contribution in [0.2, 0.25) is 5.02 Å². The van der Waals surface area contributed by atoms with Crippen molar-refractivity contribution in [3.63, 3.8) is 0 Å². The van der Waals surface area contributed by atoms with Gasteiger partial charge in [-0.25, -0.2) is 4.79 Å². The van der Waals surface area contributed by atoms with Crippen molar-refractivity contribution in [1.82, 2.24) is 0 Å². The maximum Gasteiger partial charge on any atom is 0.338 e. The van der Waals surface area contributed by atoms with E-state index in [1.807, 2.05) is 38.1 Å². The molecule has 0 aliphatic rings. The minimum Gasteiger partial charge on any atom is -0.452 e. The molecule has 0 aliphatic carbocycles. The molecule has 0 saturated heterocycles. The molecule has 0 spiro atoms. The highest BCUT2D eigenvalue weighted by atomic mass is 35.5. The summed E-state index contributed by atoms with van der Waals surface area (Å²) < 4.78 is 5.03. The van der Waals surface area contributed by atoms with Gasteiger partial charge >= 0.3 is 5.97 Å². The van der Waals surface area contributed by atoms with Crippen molar-refractivity contribution in [2.45, 2.75) is 6.92 Å². The van der Waals surface area contributed by atoms with Crippen molar-refractivity contribution < 1.29 is 14.3 Å². The zero-order valence-electron chi connectivity index (χ0n) is 13.8. The molecule has 0 atom stereocenters. The lowest BCUT2D eigenvalue weighted by molar-refractivity contribution is -0.119. The Hall–Kier alpha value is -2.53. The molecule has 0 unspecified atom stereocenters. The predicted molar refractivity (Wildman–Crippen MR) is 95.9 cm³/mol. The third kappa shape index (κ3) is 4.73. The summed E-state index contributed by atoms with van der Waals surface area (Å²) in [6, 6.07) is 12.1. The Balaban J connectivity index is 1.91. The van der Waals surface area contributed by atoms with Crippen LogP contribution in [0.4, 0.5) is 11.4 Å². The molecule has 0 radical (unpaired) electrons. The SMILES string of the molecule is Cc1ccc(Cl)cc1NC(=O)COC(=O)c1ccc(N(C)C)cc1. The number of hydrogen-bond acceptors (Lipinski definition) is 4. The molecule has 2 aromatic rings. The summed E-state index contributed by atoms with van der Waals surface area (Å²) >= 11 is 5.90. The molecular weight excluding hydrogens is 328 g/mol. The van der Waals surface area contributed by atoms with Gasteiger partial charge in [0.25, 0.3) is 5.91 Å². The van der Waals surface area contributed by atoms with E-state index in [1.54, 1.807) is 30.3 Å². The number of halogens is 1. The van der Waals surface area contributed by atoms with Gasteiger partial charge in [0, 0.05) is 30.5 Å². The fourth-order valence-corrected chi connectivity index (χ4v) is 2.20. The van der Waals surface area contributed by atoms with Crippen LogP contribution in [0.1, 0.15) is 15.9 Å². The van der Waals surface area contributed by atoms with Crippen LogP contribution in [-0.2, 0) is 9.53 Å². The first kappa shape index (κ1) is 17.8.